The molecule has 2 aromatic rings. The molecule has 0 saturated carbocycles. The Morgan fingerprint density at radius 2 is 1.93 bits per heavy atom. The fraction of sp³-hybridized carbons (Fsp3) is 0.273. The van der Waals surface area contributed by atoms with Crippen LogP contribution < -0.4 is 5.32 Å². The molecule has 2 rings (SSSR count). The topological polar surface area (TPSA) is 37.8 Å². The van der Waals surface area contributed by atoms with Gasteiger partial charge in [-0.1, -0.05) is 13.8 Å². The maximum atomic E-state index is 3.98. The zero-order valence-corrected chi connectivity index (χ0v) is 8.78. The van der Waals surface area contributed by atoms with Crippen LogP contribution in [0.15, 0.2) is 30.5 Å². The summed E-state index contributed by atoms with van der Waals surface area (Å²) in [6, 6.07) is 7.93. The zero-order valence-electron chi connectivity index (χ0n) is 8.78. The number of rotatable bonds is 1. The van der Waals surface area contributed by atoms with Crippen molar-refractivity contribution >= 4 is 16.6 Å². The van der Waals surface area contributed by atoms with E-state index in [0.717, 1.165) is 16.6 Å². The van der Waals surface area contributed by atoms with Crippen LogP contribution in [0.5, 0.6) is 0 Å². The van der Waals surface area contributed by atoms with E-state index in [2.05, 4.69) is 15.5 Å². The molecule has 0 aliphatic carbocycles. The molecule has 14 heavy (non-hydrogen) atoms. The minimum Gasteiger partial charge on any atom is -0.388 e. The Balaban J connectivity index is 0.000000461. The maximum Gasteiger partial charge on any atom is 0.0931 e. The van der Waals surface area contributed by atoms with E-state index in [0.29, 0.717) is 0 Å². The van der Waals surface area contributed by atoms with E-state index < -0.39 is 0 Å². The van der Waals surface area contributed by atoms with E-state index in [1.54, 1.807) is 6.20 Å². The maximum absolute atomic E-state index is 3.98. The summed E-state index contributed by atoms with van der Waals surface area (Å²) in [6.07, 6.45) is 1.70. The second kappa shape index (κ2) is 5.17. The summed E-state index contributed by atoms with van der Waals surface area (Å²) >= 11 is 0. The van der Waals surface area contributed by atoms with Crippen LogP contribution in [0.1, 0.15) is 13.8 Å². The van der Waals surface area contributed by atoms with Crippen LogP contribution in [0.25, 0.3) is 10.9 Å². The molecule has 0 aliphatic heterocycles. The van der Waals surface area contributed by atoms with Gasteiger partial charge in [-0.25, -0.2) is 0 Å². The summed E-state index contributed by atoms with van der Waals surface area (Å²) in [4.78, 5) is 0. The van der Waals surface area contributed by atoms with E-state index >= 15 is 0 Å². The highest BCUT2D eigenvalue weighted by atomic mass is 15.1. The Hall–Kier alpha value is -1.64. The molecule has 1 aromatic heterocycles. The van der Waals surface area contributed by atoms with Gasteiger partial charge in [0.05, 0.1) is 11.7 Å². The molecular formula is C11H15N3. The first-order valence-corrected chi connectivity index (χ1v) is 4.79. The van der Waals surface area contributed by atoms with Gasteiger partial charge in [0.15, 0.2) is 0 Å². The average Bonchev–Trinajstić information content (AvgIpc) is 2.31. The lowest BCUT2D eigenvalue weighted by Crippen LogP contribution is -1.88. The van der Waals surface area contributed by atoms with E-state index in [4.69, 9.17) is 0 Å². The highest BCUT2D eigenvalue weighted by molar-refractivity contribution is 5.81. The lowest BCUT2D eigenvalue weighted by atomic mass is 10.2. The molecule has 1 heterocycles. The first kappa shape index (κ1) is 10.4. The van der Waals surface area contributed by atoms with Gasteiger partial charge >= 0.3 is 0 Å². The molecule has 1 N–H and O–H groups in total. The molecule has 0 saturated heterocycles. The van der Waals surface area contributed by atoms with Gasteiger partial charge in [-0.05, 0) is 24.3 Å². The van der Waals surface area contributed by atoms with E-state index in [9.17, 15) is 0 Å². The second-order valence-corrected chi connectivity index (χ2v) is 2.55. The molecule has 0 aliphatic rings. The van der Waals surface area contributed by atoms with Gasteiger partial charge < -0.3 is 5.32 Å². The van der Waals surface area contributed by atoms with Crippen LogP contribution in [-0.4, -0.2) is 17.2 Å². The largest absolute Gasteiger partial charge is 0.388 e. The number of hydrogen-bond donors (Lipinski definition) is 1. The Morgan fingerprint density at radius 3 is 2.64 bits per heavy atom. The Labute approximate surface area is 84.2 Å². The summed E-state index contributed by atoms with van der Waals surface area (Å²) < 4.78 is 0. The van der Waals surface area contributed by atoms with Crippen molar-refractivity contribution in [1.29, 1.82) is 0 Å². The van der Waals surface area contributed by atoms with Crippen LogP contribution in [-0.2, 0) is 0 Å². The van der Waals surface area contributed by atoms with E-state index in [1.807, 2.05) is 45.2 Å². The average molecular weight is 189 g/mol. The number of fused-ring (bicyclic) bond motifs is 1. The van der Waals surface area contributed by atoms with Crippen LogP contribution in [0.4, 0.5) is 5.69 Å². The van der Waals surface area contributed by atoms with Crippen LogP contribution in [0.3, 0.4) is 0 Å². The quantitative estimate of drug-likeness (QED) is 0.749. The van der Waals surface area contributed by atoms with Gasteiger partial charge in [-0.3, -0.25) is 0 Å². The van der Waals surface area contributed by atoms with Gasteiger partial charge in [0.2, 0.25) is 0 Å². The monoisotopic (exact) mass is 189 g/mol. The summed E-state index contributed by atoms with van der Waals surface area (Å²) in [6.45, 7) is 4.00. The first-order valence-electron chi connectivity index (χ1n) is 4.79. The minimum atomic E-state index is 0.927. The SMILES string of the molecule is CC.CNc1ccc2nnccc2c1. The first-order chi connectivity index (χ1) is 6.90. The molecule has 3 heteroatoms. The molecule has 0 unspecified atom stereocenters. The molecular weight excluding hydrogens is 174 g/mol. The predicted octanol–water partition coefficient (Wildman–Crippen LogP) is 2.70. The Kier molecular flexibility index (Phi) is 3.85. The van der Waals surface area contributed by atoms with Crippen molar-refractivity contribution in [3.05, 3.63) is 30.5 Å². The van der Waals surface area contributed by atoms with Gasteiger partial charge in [0.1, 0.15) is 0 Å². The molecule has 74 valence electrons. The highest BCUT2D eigenvalue weighted by Gasteiger charge is 1.94. The van der Waals surface area contributed by atoms with Crippen molar-refractivity contribution in [3.63, 3.8) is 0 Å². The van der Waals surface area contributed by atoms with Crippen molar-refractivity contribution in [1.82, 2.24) is 10.2 Å². The summed E-state index contributed by atoms with van der Waals surface area (Å²) in [7, 11) is 1.90. The molecule has 0 spiro atoms. The fourth-order valence-corrected chi connectivity index (χ4v) is 1.14. The number of anilines is 1. The molecule has 0 fully saturated rings. The fourth-order valence-electron chi connectivity index (χ4n) is 1.14. The second-order valence-electron chi connectivity index (χ2n) is 2.55. The van der Waals surface area contributed by atoms with Crippen molar-refractivity contribution < 1.29 is 0 Å². The molecule has 1 aromatic carbocycles. The standard InChI is InChI=1S/C9H9N3.C2H6/c1-10-8-2-3-9-7(6-8)4-5-11-12-9;1-2/h2-6,10H,1H3;1-2H3. The van der Waals surface area contributed by atoms with Crippen molar-refractivity contribution in [2.75, 3.05) is 12.4 Å². The molecule has 0 bridgehead atoms. The van der Waals surface area contributed by atoms with Crippen LogP contribution >= 0.6 is 0 Å². The lowest BCUT2D eigenvalue weighted by molar-refractivity contribution is 1.08. The van der Waals surface area contributed by atoms with E-state index in [-0.39, 0.29) is 0 Å². The van der Waals surface area contributed by atoms with Gasteiger partial charge in [0, 0.05) is 18.1 Å². The number of benzene rings is 1. The summed E-state index contributed by atoms with van der Waals surface area (Å²) in [5.41, 5.74) is 2.02. The number of hydrogen-bond acceptors (Lipinski definition) is 3. The third-order valence-electron chi connectivity index (χ3n) is 1.80. The van der Waals surface area contributed by atoms with Gasteiger partial charge in [-0.2, -0.15) is 10.2 Å². The molecule has 0 atom stereocenters. The summed E-state index contributed by atoms with van der Waals surface area (Å²) in [5, 5.41) is 12.0. The van der Waals surface area contributed by atoms with Gasteiger partial charge in [0.25, 0.3) is 0 Å². The number of nitrogens with one attached hydrogen (secondary N) is 1. The molecule has 0 radical (unpaired) electrons. The van der Waals surface area contributed by atoms with Crippen LogP contribution in [0, 0.1) is 0 Å². The molecule has 3 nitrogen and oxygen atoms in total. The summed E-state index contributed by atoms with van der Waals surface area (Å²) in [5.74, 6) is 0. The Bertz CT molecular complexity index is 398. The third kappa shape index (κ3) is 2.19. The number of aromatic nitrogens is 2. The third-order valence-corrected chi connectivity index (χ3v) is 1.80. The Morgan fingerprint density at radius 1 is 1.14 bits per heavy atom. The predicted molar refractivity (Wildman–Crippen MR) is 60.4 cm³/mol. The van der Waals surface area contributed by atoms with Crippen molar-refractivity contribution in [3.8, 4) is 0 Å². The van der Waals surface area contributed by atoms with Crippen molar-refractivity contribution in [2.45, 2.75) is 13.8 Å². The minimum absolute atomic E-state index is 0.927. The lowest BCUT2D eigenvalue weighted by Gasteiger charge is -2.00. The van der Waals surface area contributed by atoms with E-state index in [1.165, 1.54) is 0 Å². The zero-order chi connectivity index (χ0) is 10.4. The van der Waals surface area contributed by atoms with Crippen molar-refractivity contribution in [2.24, 2.45) is 0 Å². The van der Waals surface area contributed by atoms with Crippen LogP contribution in [0.2, 0.25) is 0 Å². The number of nitrogens with zero attached hydrogens (tertiary/aromatic N) is 2. The van der Waals surface area contributed by atoms with Gasteiger partial charge in [-0.15, -0.1) is 0 Å². The highest BCUT2D eigenvalue weighted by Crippen LogP contribution is 2.15. The molecule has 0 amide bonds. The normalized spacial score (nSPS) is 9.07. The smallest absolute Gasteiger partial charge is 0.0931 e.